The molecule has 0 bridgehead atoms. The van der Waals surface area contributed by atoms with E-state index in [4.69, 9.17) is 0 Å². The van der Waals surface area contributed by atoms with E-state index in [1.807, 2.05) is 13.8 Å². The highest BCUT2D eigenvalue weighted by Gasteiger charge is 2.21. The molecule has 76 valence electrons. The van der Waals surface area contributed by atoms with Gasteiger partial charge >= 0.3 is 0 Å². The monoisotopic (exact) mass is 173 g/mol. The Bertz CT molecular complexity index is 89.7. The van der Waals surface area contributed by atoms with E-state index in [1.54, 1.807) is 0 Å². The standard InChI is InChI=1S/C9H21N.C2H6/c1-7-10(8(2)3)9(4,5)6;1-2/h8H,7H2,1-6H3;1-2H3. The van der Waals surface area contributed by atoms with E-state index in [9.17, 15) is 0 Å². The normalized spacial score (nSPS) is 11.5. The van der Waals surface area contributed by atoms with E-state index < -0.39 is 0 Å². The first-order chi connectivity index (χ1) is 5.39. The molecule has 0 atom stereocenters. The van der Waals surface area contributed by atoms with Crippen LogP contribution in [0.25, 0.3) is 0 Å². The van der Waals surface area contributed by atoms with Crippen LogP contribution < -0.4 is 0 Å². The summed E-state index contributed by atoms with van der Waals surface area (Å²) < 4.78 is 0. The molecule has 0 spiro atoms. The molecule has 1 nitrogen and oxygen atoms in total. The lowest BCUT2D eigenvalue weighted by molar-refractivity contribution is 0.107. The zero-order chi connectivity index (χ0) is 10.4. The Hall–Kier alpha value is -0.0400. The second kappa shape index (κ2) is 6.47. The smallest absolute Gasteiger partial charge is 0.0127 e. The van der Waals surface area contributed by atoms with Gasteiger partial charge in [-0.2, -0.15) is 0 Å². The molecule has 0 aromatic carbocycles. The van der Waals surface area contributed by atoms with Gasteiger partial charge in [0.25, 0.3) is 0 Å². The molecular weight excluding hydrogens is 146 g/mol. The van der Waals surface area contributed by atoms with E-state index in [1.165, 1.54) is 0 Å². The molecule has 12 heavy (non-hydrogen) atoms. The van der Waals surface area contributed by atoms with Crippen molar-refractivity contribution in [2.45, 2.75) is 67.0 Å². The second-order valence-electron chi connectivity index (χ2n) is 4.05. The maximum absolute atomic E-state index is 2.48. The van der Waals surface area contributed by atoms with Crippen molar-refractivity contribution in [1.82, 2.24) is 4.90 Å². The minimum Gasteiger partial charge on any atom is -0.296 e. The first-order valence-electron chi connectivity index (χ1n) is 5.16. The molecule has 0 amide bonds. The SMILES string of the molecule is CC.CCN(C(C)C)C(C)(C)C. The zero-order valence-electron chi connectivity index (χ0n) is 10.2. The first-order valence-corrected chi connectivity index (χ1v) is 5.16. The zero-order valence-corrected chi connectivity index (χ0v) is 10.2. The third-order valence-electron chi connectivity index (χ3n) is 1.83. The third kappa shape index (κ3) is 5.59. The number of hydrogen-bond acceptors (Lipinski definition) is 1. The number of rotatable bonds is 2. The third-order valence-corrected chi connectivity index (χ3v) is 1.83. The van der Waals surface area contributed by atoms with Crippen molar-refractivity contribution in [2.75, 3.05) is 6.54 Å². The van der Waals surface area contributed by atoms with Crippen LogP contribution in [0.3, 0.4) is 0 Å². The number of nitrogens with zero attached hydrogens (tertiary/aromatic N) is 1. The van der Waals surface area contributed by atoms with Crippen LogP contribution in [0.1, 0.15) is 55.4 Å². The molecule has 0 aromatic heterocycles. The summed E-state index contributed by atoms with van der Waals surface area (Å²) in [6, 6.07) is 0.657. The van der Waals surface area contributed by atoms with Crippen molar-refractivity contribution >= 4 is 0 Å². The molecule has 0 aliphatic heterocycles. The molecule has 0 fully saturated rings. The first kappa shape index (κ1) is 14.5. The maximum Gasteiger partial charge on any atom is 0.0127 e. The van der Waals surface area contributed by atoms with Crippen LogP contribution in [0.2, 0.25) is 0 Å². The molecular formula is C11H27N. The van der Waals surface area contributed by atoms with Crippen molar-refractivity contribution < 1.29 is 0 Å². The molecule has 0 saturated heterocycles. The lowest BCUT2D eigenvalue weighted by Gasteiger charge is -2.38. The van der Waals surface area contributed by atoms with Gasteiger partial charge in [-0.25, -0.2) is 0 Å². The molecule has 0 aliphatic carbocycles. The Morgan fingerprint density at radius 1 is 1.08 bits per heavy atom. The van der Waals surface area contributed by atoms with Crippen molar-refractivity contribution in [3.8, 4) is 0 Å². The molecule has 0 unspecified atom stereocenters. The summed E-state index contributed by atoms with van der Waals surface area (Å²) in [5.41, 5.74) is 0.322. The van der Waals surface area contributed by atoms with E-state index in [0.29, 0.717) is 11.6 Å². The highest BCUT2D eigenvalue weighted by Crippen LogP contribution is 2.15. The predicted molar refractivity (Wildman–Crippen MR) is 58.6 cm³/mol. The number of hydrogen-bond donors (Lipinski definition) is 0. The Balaban J connectivity index is 0. The van der Waals surface area contributed by atoms with Gasteiger partial charge in [0.15, 0.2) is 0 Å². The summed E-state index contributed by atoms with van der Waals surface area (Å²) >= 11 is 0. The summed E-state index contributed by atoms with van der Waals surface area (Å²) in [6.45, 7) is 18.6. The van der Waals surface area contributed by atoms with Gasteiger partial charge < -0.3 is 0 Å². The minimum atomic E-state index is 0.322. The summed E-state index contributed by atoms with van der Waals surface area (Å²) in [5, 5.41) is 0. The average molecular weight is 173 g/mol. The molecule has 0 rings (SSSR count). The van der Waals surface area contributed by atoms with Crippen molar-refractivity contribution in [2.24, 2.45) is 0 Å². The quantitative estimate of drug-likeness (QED) is 0.617. The lowest BCUT2D eigenvalue weighted by Crippen LogP contribution is -2.45. The highest BCUT2D eigenvalue weighted by molar-refractivity contribution is 4.77. The Labute approximate surface area is 79.2 Å². The lowest BCUT2D eigenvalue weighted by atomic mass is 10.0. The maximum atomic E-state index is 2.48. The van der Waals surface area contributed by atoms with Crippen LogP contribution in [0.5, 0.6) is 0 Å². The van der Waals surface area contributed by atoms with Crippen LogP contribution in [-0.2, 0) is 0 Å². The van der Waals surface area contributed by atoms with Gasteiger partial charge in [-0.1, -0.05) is 20.8 Å². The largest absolute Gasteiger partial charge is 0.296 e. The molecule has 0 saturated carbocycles. The van der Waals surface area contributed by atoms with Crippen LogP contribution in [-0.4, -0.2) is 23.0 Å². The van der Waals surface area contributed by atoms with Crippen LogP contribution in [0.15, 0.2) is 0 Å². The molecule has 0 N–H and O–H groups in total. The summed E-state index contributed by atoms with van der Waals surface area (Å²) in [5.74, 6) is 0. The van der Waals surface area contributed by atoms with Gasteiger partial charge in [0, 0.05) is 11.6 Å². The van der Waals surface area contributed by atoms with E-state index >= 15 is 0 Å². The van der Waals surface area contributed by atoms with Crippen molar-refractivity contribution in [3.05, 3.63) is 0 Å². The Kier molecular flexibility index (Phi) is 7.81. The van der Waals surface area contributed by atoms with Crippen LogP contribution in [0.4, 0.5) is 0 Å². The Morgan fingerprint density at radius 3 is 1.42 bits per heavy atom. The fraction of sp³-hybridized carbons (Fsp3) is 1.00. The van der Waals surface area contributed by atoms with E-state index in [2.05, 4.69) is 46.4 Å². The summed E-state index contributed by atoms with van der Waals surface area (Å²) in [4.78, 5) is 2.48. The molecule has 0 aromatic rings. The summed E-state index contributed by atoms with van der Waals surface area (Å²) in [6.07, 6.45) is 0. The average Bonchev–Trinajstić information content (AvgIpc) is 1.89. The summed E-state index contributed by atoms with van der Waals surface area (Å²) in [7, 11) is 0. The molecule has 1 heteroatoms. The molecule has 0 radical (unpaired) electrons. The van der Waals surface area contributed by atoms with Gasteiger partial charge in [0.2, 0.25) is 0 Å². The van der Waals surface area contributed by atoms with Crippen LogP contribution in [0, 0.1) is 0 Å². The van der Waals surface area contributed by atoms with E-state index in [-0.39, 0.29) is 0 Å². The van der Waals surface area contributed by atoms with Crippen molar-refractivity contribution in [1.29, 1.82) is 0 Å². The van der Waals surface area contributed by atoms with Crippen molar-refractivity contribution in [3.63, 3.8) is 0 Å². The Morgan fingerprint density at radius 2 is 1.42 bits per heavy atom. The highest BCUT2D eigenvalue weighted by atomic mass is 15.2. The minimum absolute atomic E-state index is 0.322. The second-order valence-corrected chi connectivity index (χ2v) is 4.05. The van der Waals surface area contributed by atoms with Crippen LogP contribution >= 0.6 is 0 Å². The molecule has 0 heterocycles. The predicted octanol–water partition coefficient (Wildman–Crippen LogP) is 3.54. The molecule has 0 aliphatic rings. The fourth-order valence-electron chi connectivity index (χ4n) is 1.61. The topological polar surface area (TPSA) is 3.24 Å². The van der Waals surface area contributed by atoms with Gasteiger partial charge in [-0.15, -0.1) is 0 Å². The van der Waals surface area contributed by atoms with Gasteiger partial charge in [0.05, 0.1) is 0 Å². The van der Waals surface area contributed by atoms with E-state index in [0.717, 1.165) is 6.54 Å². The van der Waals surface area contributed by atoms with Gasteiger partial charge in [-0.3, -0.25) is 4.90 Å². The fourth-order valence-corrected chi connectivity index (χ4v) is 1.61. The van der Waals surface area contributed by atoms with Gasteiger partial charge in [0.1, 0.15) is 0 Å². The van der Waals surface area contributed by atoms with Gasteiger partial charge in [-0.05, 0) is 41.2 Å².